The molecule has 1 fully saturated rings. The minimum atomic E-state index is -0.112. The Morgan fingerprint density at radius 1 is 1.50 bits per heavy atom. The summed E-state index contributed by atoms with van der Waals surface area (Å²) in [6, 6.07) is 2.13. The van der Waals surface area contributed by atoms with E-state index in [9.17, 15) is 4.79 Å². The quantitative estimate of drug-likeness (QED) is 0.896. The Morgan fingerprint density at radius 3 is 2.60 bits per heavy atom. The van der Waals surface area contributed by atoms with Crippen LogP contribution in [0, 0.1) is 12.8 Å². The number of carbonyl (C=O) groups excluding carboxylic acids is 1. The van der Waals surface area contributed by atoms with E-state index in [1.807, 2.05) is 22.6 Å². The Labute approximate surface area is 121 Å². The third-order valence-electron chi connectivity index (χ3n) is 4.00. The van der Waals surface area contributed by atoms with Gasteiger partial charge in [-0.1, -0.05) is 0 Å². The van der Waals surface area contributed by atoms with Gasteiger partial charge in [-0.25, -0.2) is 0 Å². The first-order valence-corrected chi connectivity index (χ1v) is 7.32. The molecule has 0 spiro atoms. The molecule has 0 aromatic carbocycles. The van der Waals surface area contributed by atoms with Crippen molar-refractivity contribution in [2.45, 2.75) is 52.6 Å². The summed E-state index contributed by atoms with van der Waals surface area (Å²) in [6.07, 6.45) is 0.987. The second kappa shape index (κ2) is 5.20. The molecular weight excluding hydrogens is 252 g/mol. The Bertz CT molecular complexity index is 500. The van der Waals surface area contributed by atoms with Crippen molar-refractivity contribution in [3.8, 4) is 0 Å². The highest BCUT2D eigenvalue weighted by Crippen LogP contribution is 2.25. The molecule has 2 rings (SSSR count). The highest BCUT2D eigenvalue weighted by molar-refractivity contribution is 5.92. The third-order valence-corrected chi connectivity index (χ3v) is 4.00. The van der Waals surface area contributed by atoms with Crippen LogP contribution in [-0.2, 0) is 5.54 Å². The number of amides is 1. The van der Waals surface area contributed by atoms with Gasteiger partial charge in [0.05, 0.1) is 5.54 Å². The molecule has 2 heterocycles. The molecule has 5 nitrogen and oxygen atoms in total. The Morgan fingerprint density at radius 2 is 2.15 bits per heavy atom. The van der Waals surface area contributed by atoms with Crippen LogP contribution in [0.25, 0.3) is 0 Å². The summed E-state index contributed by atoms with van der Waals surface area (Å²) in [5, 5.41) is 4.51. The molecule has 0 saturated carbocycles. The minimum Gasteiger partial charge on any atom is -0.334 e. The molecule has 0 aliphatic carbocycles. The molecule has 1 saturated heterocycles. The van der Waals surface area contributed by atoms with Gasteiger partial charge >= 0.3 is 0 Å². The van der Waals surface area contributed by atoms with Crippen molar-refractivity contribution in [1.82, 2.24) is 14.7 Å². The summed E-state index contributed by atoms with van der Waals surface area (Å²) in [4.78, 5) is 14.5. The smallest absolute Gasteiger partial charge is 0.274 e. The van der Waals surface area contributed by atoms with E-state index in [0.717, 1.165) is 18.7 Å². The number of hydrogen-bond acceptors (Lipinski definition) is 3. The number of carbonyl (C=O) groups is 1. The first kappa shape index (κ1) is 15.0. The van der Waals surface area contributed by atoms with Crippen molar-refractivity contribution < 1.29 is 4.79 Å². The van der Waals surface area contributed by atoms with Gasteiger partial charge < -0.3 is 10.6 Å². The van der Waals surface area contributed by atoms with Gasteiger partial charge in [-0.3, -0.25) is 9.48 Å². The van der Waals surface area contributed by atoms with E-state index >= 15 is 0 Å². The number of rotatable bonds is 2. The van der Waals surface area contributed by atoms with Gasteiger partial charge in [0.15, 0.2) is 5.69 Å². The highest BCUT2D eigenvalue weighted by Gasteiger charge is 2.33. The van der Waals surface area contributed by atoms with Crippen molar-refractivity contribution in [2.24, 2.45) is 11.7 Å². The molecule has 1 aromatic heterocycles. The van der Waals surface area contributed by atoms with E-state index in [1.54, 1.807) is 0 Å². The lowest BCUT2D eigenvalue weighted by Crippen LogP contribution is -2.35. The zero-order valence-corrected chi connectivity index (χ0v) is 13.2. The van der Waals surface area contributed by atoms with Gasteiger partial charge in [0, 0.05) is 18.3 Å². The molecule has 1 amide bonds. The number of likely N-dealkylation sites (tertiary alicyclic amines) is 1. The Balaban J connectivity index is 2.22. The highest BCUT2D eigenvalue weighted by atomic mass is 16.2. The number of nitrogens with zero attached hydrogens (tertiary/aromatic N) is 3. The lowest BCUT2D eigenvalue weighted by Gasteiger charge is -2.22. The van der Waals surface area contributed by atoms with E-state index in [0.29, 0.717) is 18.2 Å². The van der Waals surface area contributed by atoms with Crippen molar-refractivity contribution in [1.29, 1.82) is 0 Å². The fourth-order valence-corrected chi connectivity index (χ4v) is 3.00. The summed E-state index contributed by atoms with van der Waals surface area (Å²) >= 11 is 0. The maximum Gasteiger partial charge on any atom is 0.274 e. The standard InChI is InChI=1S/C15H26N4O/c1-10-6-12(8-16)9-18(10)14(20)13-7-11(2)19(17-13)15(3,4)5/h7,10,12H,6,8-9,16H2,1-5H3. The van der Waals surface area contributed by atoms with Crippen LogP contribution in [0.4, 0.5) is 0 Å². The van der Waals surface area contributed by atoms with Gasteiger partial charge in [-0.05, 0) is 59.6 Å². The molecule has 0 radical (unpaired) electrons. The second-order valence-corrected chi connectivity index (χ2v) is 6.90. The molecule has 0 bridgehead atoms. The van der Waals surface area contributed by atoms with Crippen LogP contribution < -0.4 is 5.73 Å². The first-order valence-electron chi connectivity index (χ1n) is 7.32. The van der Waals surface area contributed by atoms with Crippen LogP contribution in [0.15, 0.2) is 6.07 Å². The zero-order valence-electron chi connectivity index (χ0n) is 13.2. The first-order chi connectivity index (χ1) is 9.24. The Kier molecular flexibility index (Phi) is 3.91. The number of aromatic nitrogens is 2. The Hall–Kier alpha value is -1.36. The predicted molar refractivity (Wildman–Crippen MR) is 79.6 cm³/mol. The molecule has 1 aliphatic heterocycles. The van der Waals surface area contributed by atoms with E-state index in [2.05, 4.69) is 32.8 Å². The largest absolute Gasteiger partial charge is 0.334 e. The molecule has 2 atom stereocenters. The molecule has 1 aliphatic rings. The van der Waals surface area contributed by atoms with Crippen molar-refractivity contribution >= 4 is 5.91 Å². The average Bonchev–Trinajstić information content (AvgIpc) is 2.91. The summed E-state index contributed by atoms with van der Waals surface area (Å²) in [5.74, 6) is 0.444. The monoisotopic (exact) mass is 278 g/mol. The SMILES string of the molecule is Cc1cc(C(=O)N2CC(CN)CC2C)nn1C(C)(C)C. The molecule has 20 heavy (non-hydrogen) atoms. The third kappa shape index (κ3) is 2.73. The zero-order chi connectivity index (χ0) is 15.1. The van der Waals surface area contributed by atoms with Crippen molar-refractivity contribution in [3.05, 3.63) is 17.5 Å². The van der Waals surface area contributed by atoms with Gasteiger partial charge in [0.2, 0.25) is 0 Å². The average molecular weight is 278 g/mol. The minimum absolute atomic E-state index is 0.0274. The van der Waals surface area contributed by atoms with Crippen LogP contribution in [-0.4, -0.2) is 39.7 Å². The van der Waals surface area contributed by atoms with E-state index in [-0.39, 0.29) is 17.5 Å². The maximum atomic E-state index is 12.6. The summed E-state index contributed by atoms with van der Waals surface area (Å²) in [6.45, 7) is 11.7. The lowest BCUT2D eigenvalue weighted by atomic mass is 10.1. The molecular formula is C15H26N4O. The van der Waals surface area contributed by atoms with E-state index in [1.165, 1.54) is 0 Å². The van der Waals surface area contributed by atoms with Crippen LogP contribution in [0.2, 0.25) is 0 Å². The van der Waals surface area contributed by atoms with Crippen molar-refractivity contribution in [3.63, 3.8) is 0 Å². The van der Waals surface area contributed by atoms with E-state index < -0.39 is 0 Å². The molecule has 1 aromatic rings. The van der Waals surface area contributed by atoms with Crippen LogP contribution >= 0.6 is 0 Å². The van der Waals surface area contributed by atoms with Crippen LogP contribution in [0.5, 0.6) is 0 Å². The van der Waals surface area contributed by atoms with Crippen LogP contribution in [0.1, 0.15) is 50.3 Å². The van der Waals surface area contributed by atoms with Crippen LogP contribution in [0.3, 0.4) is 0 Å². The number of nitrogens with two attached hydrogens (primary N) is 1. The second-order valence-electron chi connectivity index (χ2n) is 6.90. The molecule has 2 N–H and O–H groups in total. The molecule has 5 heteroatoms. The molecule has 2 unspecified atom stereocenters. The topological polar surface area (TPSA) is 64.2 Å². The summed E-state index contributed by atoms with van der Waals surface area (Å²) < 4.78 is 1.92. The normalized spacial score (nSPS) is 23.4. The number of aryl methyl sites for hydroxylation is 1. The maximum absolute atomic E-state index is 12.6. The van der Waals surface area contributed by atoms with Gasteiger partial charge in [-0.15, -0.1) is 0 Å². The fraction of sp³-hybridized carbons (Fsp3) is 0.733. The fourth-order valence-electron chi connectivity index (χ4n) is 3.00. The number of hydrogen-bond donors (Lipinski definition) is 1. The van der Waals surface area contributed by atoms with Gasteiger partial charge in [0.1, 0.15) is 0 Å². The lowest BCUT2D eigenvalue weighted by molar-refractivity contribution is 0.0735. The van der Waals surface area contributed by atoms with Gasteiger partial charge in [-0.2, -0.15) is 5.10 Å². The van der Waals surface area contributed by atoms with Crippen molar-refractivity contribution in [2.75, 3.05) is 13.1 Å². The summed E-state index contributed by atoms with van der Waals surface area (Å²) in [5.41, 5.74) is 7.17. The molecule has 112 valence electrons. The summed E-state index contributed by atoms with van der Waals surface area (Å²) in [7, 11) is 0. The van der Waals surface area contributed by atoms with E-state index in [4.69, 9.17) is 5.73 Å². The predicted octanol–water partition coefficient (Wildman–Crippen LogP) is 1.76. The van der Waals surface area contributed by atoms with Gasteiger partial charge in [0.25, 0.3) is 5.91 Å².